The molecule has 2 heterocycles. The van der Waals surface area contributed by atoms with Crippen molar-refractivity contribution >= 4 is 5.97 Å². The van der Waals surface area contributed by atoms with Gasteiger partial charge in [0.1, 0.15) is 5.54 Å². The van der Waals surface area contributed by atoms with Crippen molar-refractivity contribution in [2.45, 2.75) is 50.6 Å². The summed E-state index contributed by atoms with van der Waals surface area (Å²) < 4.78 is 4.76. The summed E-state index contributed by atoms with van der Waals surface area (Å²) in [6, 6.07) is 0.782. The summed E-state index contributed by atoms with van der Waals surface area (Å²) in [4.78, 5) is 16.7. The van der Waals surface area contributed by atoms with Crippen molar-refractivity contribution in [3.05, 3.63) is 0 Å². The van der Waals surface area contributed by atoms with Crippen LogP contribution in [0.1, 0.15) is 39.0 Å². The second-order valence-corrected chi connectivity index (χ2v) is 7.05. The van der Waals surface area contributed by atoms with Gasteiger partial charge in [-0.3, -0.25) is 4.79 Å². The minimum absolute atomic E-state index is 0.310. The molecule has 2 aliphatic rings. The molecule has 0 amide bonds. The lowest BCUT2D eigenvalue weighted by atomic mass is 9.84. The van der Waals surface area contributed by atoms with Gasteiger partial charge in [0.25, 0.3) is 0 Å². The maximum Gasteiger partial charge on any atom is 0.325 e. The highest BCUT2D eigenvalue weighted by molar-refractivity contribution is 5.79. The summed E-state index contributed by atoms with van der Waals surface area (Å²) in [6.45, 7) is 6.43. The van der Waals surface area contributed by atoms with Crippen LogP contribution in [0.4, 0.5) is 0 Å². The van der Waals surface area contributed by atoms with Gasteiger partial charge in [-0.1, -0.05) is 0 Å². The van der Waals surface area contributed by atoms with Crippen LogP contribution in [-0.4, -0.2) is 67.7 Å². The molecule has 2 N–H and O–H groups in total. The molecule has 2 rings (SSSR count). The van der Waals surface area contributed by atoms with E-state index in [1.54, 1.807) is 6.92 Å². The minimum Gasteiger partial charge on any atom is -0.468 e. The molecule has 0 spiro atoms. The van der Waals surface area contributed by atoms with Crippen molar-refractivity contribution in [1.29, 1.82) is 0 Å². The Kier molecular flexibility index (Phi) is 5.63. The van der Waals surface area contributed by atoms with E-state index < -0.39 is 5.54 Å². The Hall–Kier alpha value is -0.650. The first-order valence-corrected chi connectivity index (χ1v) is 8.24. The molecule has 5 heteroatoms. The van der Waals surface area contributed by atoms with Gasteiger partial charge in [0.2, 0.25) is 0 Å². The smallest absolute Gasteiger partial charge is 0.325 e. The quantitative estimate of drug-likeness (QED) is 0.769. The molecule has 21 heavy (non-hydrogen) atoms. The SMILES string of the molecule is COC(=O)C(C)(N)CCCN1CCC2C(CCCN2C)C1. The van der Waals surface area contributed by atoms with Gasteiger partial charge in [0, 0.05) is 12.6 Å². The van der Waals surface area contributed by atoms with Gasteiger partial charge >= 0.3 is 5.97 Å². The van der Waals surface area contributed by atoms with Gasteiger partial charge < -0.3 is 20.3 Å². The van der Waals surface area contributed by atoms with Crippen LogP contribution in [0.15, 0.2) is 0 Å². The van der Waals surface area contributed by atoms with E-state index in [0.29, 0.717) is 6.42 Å². The van der Waals surface area contributed by atoms with Gasteiger partial charge in [0.15, 0.2) is 0 Å². The third-order valence-electron chi connectivity index (χ3n) is 5.25. The van der Waals surface area contributed by atoms with Gasteiger partial charge in [0.05, 0.1) is 7.11 Å². The highest BCUT2D eigenvalue weighted by Gasteiger charge is 2.34. The zero-order chi connectivity index (χ0) is 15.5. The van der Waals surface area contributed by atoms with Crippen molar-refractivity contribution in [3.63, 3.8) is 0 Å². The lowest BCUT2D eigenvalue weighted by Gasteiger charge is -2.46. The maximum atomic E-state index is 11.6. The number of methoxy groups -OCH3 is 1. The zero-order valence-corrected chi connectivity index (χ0v) is 13.8. The fourth-order valence-corrected chi connectivity index (χ4v) is 3.94. The molecule has 2 aliphatic heterocycles. The summed E-state index contributed by atoms with van der Waals surface area (Å²) in [7, 11) is 3.67. The van der Waals surface area contributed by atoms with Gasteiger partial charge in [-0.2, -0.15) is 0 Å². The molecule has 0 bridgehead atoms. The predicted octanol–water partition coefficient (Wildman–Crippen LogP) is 1.07. The van der Waals surface area contributed by atoms with Crippen LogP contribution in [0.3, 0.4) is 0 Å². The Morgan fingerprint density at radius 1 is 1.38 bits per heavy atom. The maximum absolute atomic E-state index is 11.6. The van der Waals surface area contributed by atoms with Crippen LogP contribution in [0.5, 0.6) is 0 Å². The molecule has 0 aliphatic carbocycles. The normalized spacial score (nSPS) is 30.5. The number of carbonyl (C=O) groups is 1. The number of fused-ring (bicyclic) bond motifs is 1. The number of likely N-dealkylation sites (tertiary alicyclic amines) is 2. The number of piperidine rings is 2. The van der Waals surface area contributed by atoms with E-state index >= 15 is 0 Å². The third-order valence-corrected chi connectivity index (χ3v) is 5.25. The van der Waals surface area contributed by atoms with Gasteiger partial charge in [-0.05, 0) is 71.6 Å². The Balaban J connectivity index is 1.74. The van der Waals surface area contributed by atoms with E-state index in [0.717, 1.165) is 24.9 Å². The molecule has 0 aromatic carbocycles. The molecule has 3 unspecified atom stereocenters. The average molecular weight is 297 g/mol. The van der Waals surface area contributed by atoms with E-state index in [1.807, 2.05) is 0 Å². The summed E-state index contributed by atoms with van der Waals surface area (Å²) in [5.74, 6) is 0.512. The van der Waals surface area contributed by atoms with E-state index in [9.17, 15) is 4.79 Å². The molecule has 2 fully saturated rings. The number of esters is 1. The Morgan fingerprint density at radius 2 is 2.14 bits per heavy atom. The summed E-state index contributed by atoms with van der Waals surface area (Å²) in [5, 5.41) is 0. The van der Waals surface area contributed by atoms with Crippen LogP contribution in [0, 0.1) is 5.92 Å². The van der Waals surface area contributed by atoms with E-state index in [-0.39, 0.29) is 5.97 Å². The van der Waals surface area contributed by atoms with Crippen molar-refractivity contribution in [2.24, 2.45) is 11.7 Å². The number of ether oxygens (including phenoxy) is 1. The molecule has 0 radical (unpaired) electrons. The van der Waals surface area contributed by atoms with E-state index in [2.05, 4.69) is 16.8 Å². The first-order chi connectivity index (χ1) is 9.94. The van der Waals surface area contributed by atoms with Gasteiger partial charge in [-0.15, -0.1) is 0 Å². The number of carbonyl (C=O) groups excluding carboxylic acids is 1. The van der Waals surface area contributed by atoms with Crippen LogP contribution in [0.2, 0.25) is 0 Å². The van der Waals surface area contributed by atoms with Crippen molar-refractivity contribution in [3.8, 4) is 0 Å². The molecule has 5 nitrogen and oxygen atoms in total. The Bertz CT molecular complexity index is 359. The van der Waals surface area contributed by atoms with Gasteiger partial charge in [-0.25, -0.2) is 0 Å². The van der Waals surface area contributed by atoms with E-state index in [1.165, 1.54) is 46.0 Å². The first kappa shape index (κ1) is 16.7. The molecule has 0 aromatic heterocycles. The zero-order valence-electron chi connectivity index (χ0n) is 13.8. The molecular formula is C16H31N3O2. The molecule has 0 saturated carbocycles. The number of nitrogens with zero attached hydrogens (tertiary/aromatic N) is 2. The lowest BCUT2D eigenvalue weighted by Crippen LogP contribution is -2.53. The lowest BCUT2D eigenvalue weighted by molar-refractivity contribution is -0.146. The molecule has 0 aromatic rings. The first-order valence-electron chi connectivity index (χ1n) is 8.24. The van der Waals surface area contributed by atoms with Crippen molar-refractivity contribution in [1.82, 2.24) is 9.80 Å². The molecular weight excluding hydrogens is 266 g/mol. The Morgan fingerprint density at radius 3 is 2.86 bits per heavy atom. The largest absolute Gasteiger partial charge is 0.468 e. The van der Waals surface area contributed by atoms with Crippen LogP contribution >= 0.6 is 0 Å². The second-order valence-electron chi connectivity index (χ2n) is 7.05. The predicted molar refractivity (Wildman–Crippen MR) is 84.0 cm³/mol. The van der Waals surface area contributed by atoms with Crippen molar-refractivity contribution in [2.75, 3.05) is 40.3 Å². The van der Waals surface area contributed by atoms with Crippen LogP contribution < -0.4 is 5.73 Å². The van der Waals surface area contributed by atoms with Crippen molar-refractivity contribution < 1.29 is 9.53 Å². The number of rotatable bonds is 5. The topological polar surface area (TPSA) is 58.8 Å². The molecule has 122 valence electrons. The fraction of sp³-hybridized carbons (Fsp3) is 0.938. The van der Waals surface area contributed by atoms with Crippen LogP contribution in [0.25, 0.3) is 0 Å². The monoisotopic (exact) mass is 297 g/mol. The minimum atomic E-state index is -0.849. The summed E-state index contributed by atoms with van der Waals surface area (Å²) >= 11 is 0. The number of hydrogen-bond acceptors (Lipinski definition) is 5. The third kappa shape index (κ3) is 4.18. The van der Waals surface area contributed by atoms with E-state index in [4.69, 9.17) is 10.5 Å². The molecule has 2 saturated heterocycles. The highest BCUT2D eigenvalue weighted by Crippen LogP contribution is 2.29. The highest BCUT2D eigenvalue weighted by atomic mass is 16.5. The standard InChI is InChI=1S/C16H31N3O2/c1-16(17,15(20)21-3)8-5-10-19-11-7-14-13(12-19)6-4-9-18(14)2/h13-14H,4-12,17H2,1-3H3. The Labute approximate surface area is 128 Å². The number of nitrogens with two attached hydrogens (primary N) is 1. The number of hydrogen-bond donors (Lipinski definition) is 1. The molecule has 3 atom stereocenters. The summed E-state index contributed by atoms with van der Waals surface area (Å²) in [6.07, 6.45) is 5.61. The van der Waals surface area contributed by atoms with Crippen LogP contribution in [-0.2, 0) is 9.53 Å². The fourth-order valence-electron chi connectivity index (χ4n) is 3.94. The summed E-state index contributed by atoms with van der Waals surface area (Å²) in [5.41, 5.74) is 5.16. The average Bonchev–Trinajstić information content (AvgIpc) is 2.46. The second kappa shape index (κ2) is 7.07.